The number of hydrogen-bond acceptors (Lipinski definition) is 3. The van der Waals surface area contributed by atoms with E-state index in [1.54, 1.807) is 0 Å². The van der Waals surface area contributed by atoms with Crippen molar-refractivity contribution in [1.82, 2.24) is 4.90 Å². The number of likely N-dealkylation sites (tertiary alicyclic amines) is 1. The van der Waals surface area contributed by atoms with Crippen LogP contribution in [0.5, 0.6) is 0 Å². The van der Waals surface area contributed by atoms with Crippen molar-refractivity contribution in [2.45, 2.75) is 50.9 Å². The summed E-state index contributed by atoms with van der Waals surface area (Å²) in [6, 6.07) is 0.374. The van der Waals surface area contributed by atoms with E-state index < -0.39 is 0 Å². The normalized spacial score (nSPS) is 41.8. The molecule has 0 bridgehead atoms. The largest absolute Gasteiger partial charge is 0.393 e. The average Bonchev–Trinajstić information content (AvgIpc) is 2.71. The zero-order chi connectivity index (χ0) is 10.1. The Hall–Kier alpha value is -0.120. The molecule has 2 N–H and O–H groups in total. The summed E-state index contributed by atoms with van der Waals surface area (Å²) in [6.07, 6.45) is 4.01. The predicted molar refractivity (Wildman–Crippen MR) is 55.0 cm³/mol. The molecule has 2 rings (SSSR count). The van der Waals surface area contributed by atoms with E-state index in [-0.39, 0.29) is 12.2 Å². The second-order valence-corrected chi connectivity index (χ2v) is 4.85. The van der Waals surface area contributed by atoms with Crippen LogP contribution in [-0.4, -0.2) is 46.5 Å². The lowest BCUT2D eigenvalue weighted by Crippen LogP contribution is -2.39. The molecule has 4 atom stereocenters. The molecule has 0 amide bonds. The standard InChI is InChI=1S/C11H21NO2/c1-8(13)9-5-6-12(7-9)10-3-2-4-11(10)14/h8-11,13-14H,2-7H2,1H3/t8?,9?,10-,11-/m1/s1. The van der Waals surface area contributed by atoms with Gasteiger partial charge in [-0.2, -0.15) is 0 Å². The minimum atomic E-state index is -0.196. The highest BCUT2D eigenvalue weighted by Crippen LogP contribution is 2.29. The Bertz CT molecular complexity index is 196. The third-order valence-electron chi connectivity index (χ3n) is 3.85. The van der Waals surface area contributed by atoms with Crippen molar-refractivity contribution in [2.24, 2.45) is 5.92 Å². The first-order valence-electron chi connectivity index (χ1n) is 5.78. The van der Waals surface area contributed by atoms with Crippen LogP contribution in [0.1, 0.15) is 32.6 Å². The lowest BCUT2D eigenvalue weighted by Gasteiger charge is -2.27. The van der Waals surface area contributed by atoms with E-state index in [0.717, 1.165) is 38.8 Å². The number of hydrogen-bond donors (Lipinski definition) is 2. The molecule has 2 unspecified atom stereocenters. The summed E-state index contributed by atoms with van der Waals surface area (Å²) >= 11 is 0. The van der Waals surface area contributed by atoms with Gasteiger partial charge in [0.25, 0.3) is 0 Å². The molecule has 0 radical (unpaired) electrons. The van der Waals surface area contributed by atoms with Crippen LogP contribution in [-0.2, 0) is 0 Å². The van der Waals surface area contributed by atoms with Crippen LogP contribution in [0.4, 0.5) is 0 Å². The molecular weight excluding hydrogens is 178 g/mol. The number of nitrogens with zero attached hydrogens (tertiary/aromatic N) is 1. The van der Waals surface area contributed by atoms with Crippen LogP contribution in [0.25, 0.3) is 0 Å². The molecule has 1 aliphatic carbocycles. The maximum absolute atomic E-state index is 9.77. The van der Waals surface area contributed by atoms with Crippen LogP contribution < -0.4 is 0 Å². The minimum Gasteiger partial charge on any atom is -0.393 e. The molecule has 1 heterocycles. The van der Waals surface area contributed by atoms with Gasteiger partial charge in [-0.3, -0.25) is 4.90 Å². The molecular formula is C11H21NO2. The third kappa shape index (κ3) is 1.95. The van der Waals surface area contributed by atoms with Gasteiger partial charge in [0.05, 0.1) is 12.2 Å². The van der Waals surface area contributed by atoms with E-state index in [9.17, 15) is 10.2 Å². The molecule has 3 nitrogen and oxygen atoms in total. The van der Waals surface area contributed by atoms with Gasteiger partial charge in [-0.1, -0.05) is 0 Å². The first-order valence-corrected chi connectivity index (χ1v) is 5.78. The number of rotatable bonds is 2. The molecule has 14 heavy (non-hydrogen) atoms. The molecule has 3 heteroatoms. The molecule has 0 aromatic rings. The van der Waals surface area contributed by atoms with Gasteiger partial charge >= 0.3 is 0 Å². The summed E-state index contributed by atoms with van der Waals surface area (Å²) in [5.41, 5.74) is 0. The minimum absolute atomic E-state index is 0.122. The van der Waals surface area contributed by atoms with Crippen molar-refractivity contribution >= 4 is 0 Å². The van der Waals surface area contributed by atoms with Gasteiger partial charge in [-0.25, -0.2) is 0 Å². The smallest absolute Gasteiger partial charge is 0.0695 e. The maximum Gasteiger partial charge on any atom is 0.0695 e. The summed E-state index contributed by atoms with van der Waals surface area (Å²) in [7, 11) is 0. The Morgan fingerprint density at radius 3 is 2.57 bits per heavy atom. The van der Waals surface area contributed by atoms with Crippen LogP contribution in [0.2, 0.25) is 0 Å². The topological polar surface area (TPSA) is 43.7 Å². The fourth-order valence-electron chi connectivity index (χ4n) is 2.86. The van der Waals surface area contributed by atoms with Crippen molar-refractivity contribution < 1.29 is 10.2 Å². The Balaban J connectivity index is 1.88. The van der Waals surface area contributed by atoms with E-state index in [2.05, 4.69) is 4.90 Å². The highest BCUT2D eigenvalue weighted by atomic mass is 16.3. The van der Waals surface area contributed by atoms with E-state index >= 15 is 0 Å². The van der Waals surface area contributed by atoms with Crippen molar-refractivity contribution in [2.75, 3.05) is 13.1 Å². The molecule has 0 aromatic carbocycles. The number of aliphatic hydroxyl groups excluding tert-OH is 2. The molecule has 1 aliphatic heterocycles. The molecule has 0 aromatic heterocycles. The van der Waals surface area contributed by atoms with Crippen molar-refractivity contribution in [1.29, 1.82) is 0 Å². The van der Waals surface area contributed by atoms with Crippen LogP contribution in [0.3, 0.4) is 0 Å². The van der Waals surface area contributed by atoms with E-state index in [4.69, 9.17) is 0 Å². The van der Waals surface area contributed by atoms with Crippen molar-refractivity contribution in [3.05, 3.63) is 0 Å². The van der Waals surface area contributed by atoms with Gasteiger partial charge < -0.3 is 10.2 Å². The molecule has 0 spiro atoms. The van der Waals surface area contributed by atoms with Gasteiger partial charge in [0.2, 0.25) is 0 Å². The summed E-state index contributed by atoms with van der Waals surface area (Å²) in [4.78, 5) is 2.37. The van der Waals surface area contributed by atoms with Crippen molar-refractivity contribution in [3.8, 4) is 0 Å². The Morgan fingerprint density at radius 1 is 1.29 bits per heavy atom. The summed E-state index contributed by atoms with van der Waals surface area (Å²) in [5, 5.41) is 19.3. The lowest BCUT2D eigenvalue weighted by atomic mass is 10.0. The zero-order valence-corrected chi connectivity index (χ0v) is 8.89. The third-order valence-corrected chi connectivity index (χ3v) is 3.85. The van der Waals surface area contributed by atoms with Crippen LogP contribution in [0.15, 0.2) is 0 Å². The Kier molecular flexibility index (Phi) is 3.10. The highest BCUT2D eigenvalue weighted by molar-refractivity contribution is 4.90. The second-order valence-electron chi connectivity index (χ2n) is 4.85. The van der Waals surface area contributed by atoms with Gasteiger partial charge in [0.15, 0.2) is 0 Å². The summed E-state index contributed by atoms with van der Waals surface area (Å²) < 4.78 is 0. The second kappa shape index (κ2) is 4.17. The fourth-order valence-corrected chi connectivity index (χ4v) is 2.86. The molecule has 1 saturated heterocycles. The summed E-state index contributed by atoms with van der Waals surface area (Å²) in [6.45, 7) is 3.90. The lowest BCUT2D eigenvalue weighted by molar-refractivity contribution is 0.0728. The maximum atomic E-state index is 9.77. The van der Waals surface area contributed by atoms with Crippen LogP contribution >= 0.6 is 0 Å². The fraction of sp³-hybridized carbons (Fsp3) is 1.00. The monoisotopic (exact) mass is 199 g/mol. The van der Waals surface area contributed by atoms with Crippen molar-refractivity contribution in [3.63, 3.8) is 0 Å². The first-order chi connectivity index (χ1) is 6.68. The van der Waals surface area contributed by atoms with E-state index in [1.165, 1.54) is 0 Å². The molecule has 2 aliphatic rings. The van der Waals surface area contributed by atoms with Gasteiger partial charge in [0.1, 0.15) is 0 Å². The Labute approximate surface area is 85.7 Å². The predicted octanol–water partition coefficient (Wildman–Crippen LogP) is 0.603. The van der Waals surface area contributed by atoms with Gasteiger partial charge in [-0.15, -0.1) is 0 Å². The SMILES string of the molecule is CC(O)C1CCN([C@@H]2CCC[C@H]2O)C1. The average molecular weight is 199 g/mol. The van der Waals surface area contributed by atoms with E-state index in [0.29, 0.717) is 12.0 Å². The number of aliphatic hydroxyl groups is 2. The molecule has 2 fully saturated rings. The molecule has 1 saturated carbocycles. The zero-order valence-electron chi connectivity index (χ0n) is 8.89. The quantitative estimate of drug-likeness (QED) is 0.684. The Morgan fingerprint density at radius 2 is 2.07 bits per heavy atom. The van der Waals surface area contributed by atoms with Gasteiger partial charge in [-0.05, 0) is 45.1 Å². The molecule has 82 valence electrons. The van der Waals surface area contributed by atoms with Gasteiger partial charge in [0, 0.05) is 12.6 Å². The summed E-state index contributed by atoms with van der Waals surface area (Å²) in [5.74, 6) is 0.419. The highest BCUT2D eigenvalue weighted by Gasteiger charge is 2.36. The van der Waals surface area contributed by atoms with E-state index in [1.807, 2.05) is 6.92 Å². The first kappa shape index (κ1) is 10.4. The van der Waals surface area contributed by atoms with Crippen LogP contribution in [0, 0.1) is 5.92 Å².